The summed E-state index contributed by atoms with van der Waals surface area (Å²) in [5.74, 6) is 1.78. The third kappa shape index (κ3) is 5.45. The van der Waals surface area contributed by atoms with E-state index in [4.69, 9.17) is 4.42 Å². The first kappa shape index (κ1) is 24.9. The number of nitrogens with zero attached hydrogens (tertiary/aromatic N) is 6. The van der Waals surface area contributed by atoms with Crippen molar-refractivity contribution in [3.05, 3.63) is 41.9 Å². The van der Waals surface area contributed by atoms with Crippen LogP contribution in [0.4, 0.5) is 0 Å². The molecule has 1 atom stereocenters. The Morgan fingerprint density at radius 1 is 1.06 bits per heavy atom. The molecule has 3 aliphatic heterocycles. The van der Waals surface area contributed by atoms with Gasteiger partial charge in [0.1, 0.15) is 0 Å². The minimum Gasteiger partial charge on any atom is -0.423 e. The molecule has 36 heavy (non-hydrogen) atoms. The fraction of sp³-hybridized carbons (Fsp3) is 0.667. The van der Waals surface area contributed by atoms with Crippen LogP contribution >= 0.6 is 0 Å². The monoisotopic (exact) mass is 494 g/mol. The molecule has 0 aromatic carbocycles. The summed E-state index contributed by atoms with van der Waals surface area (Å²) < 4.78 is 6.09. The van der Waals surface area contributed by atoms with Crippen LogP contribution in [-0.4, -0.2) is 81.0 Å². The van der Waals surface area contributed by atoms with Crippen molar-refractivity contribution < 1.29 is 14.0 Å². The van der Waals surface area contributed by atoms with Crippen LogP contribution < -0.4 is 0 Å². The SMILES string of the molecule is CC(C)c1nnc(C2CC3(CCN(C(=O)Cc4cccnc4)CC3)CN2CC(=O)N2CCCCC2)o1. The molecule has 2 aromatic rings. The predicted octanol–water partition coefficient (Wildman–Crippen LogP) is 3.20. The smallest absolute Gasteiger partial charge is 0.236 e. The van der Waals surface area contributed by atoms with Crippen LogP contribution in [0.25, 0.3) is 0 Å². The third-order valence-electron chi connectivity index (χ3n) is 8.14. The van der Waals surface area contributed by atoms with E-state index in [0.717, 1.165) is 70.4 Å². The van der Waals surface area contributed by atoms with Crippen LogP contribution in [0.5, 0.6) is 0 Å². The van der Waals surface area contributed by atoms with Gasteiger partial charge in [-0.1, -0.05) is 19.9 Å². The van der Waals surface area contributed by atoms with E-state index in [0.29, 0.717) is 24.7 Å². The lowest BCUT2D eigenvalue weighted by Gasteiger charge is -2.39. The van der Waals surface area contributed by atoms with Crippen molar-refractivity contribution in [1.82, 2.24) is 29.9 Å². The van der Waals surface area contributed by atoms with Crippen molar-refractivity contribution in [2.45, 2.75) is 70.8 Å². The molecule has 3 saturated heterocycles. The maximum atomic E-state index is 13.2. The van der Waals surface area contributed by atoms with Gasteiger partial charge in [0, 0.05) is 51.0 Å². The standard InChI is InChI=1S/C27H38N6O3/c1-20(2)25-29-30-26(36-25)22-16-27(19-33(22)18-24(35)31-11-4-3-5-12-31)8-13-32(14-9-27)23(34)15-21-7-6-10-28-17-21/h6-7,10,17,20,22H,3-5,8-9,11-16,18-19H2,1-2H3. The maximum Gasteiger partial charge on any atom is 0.236 e. The highest BCUT2D eigenvalue weighted by atomic mass is 16.4. The van der Waals surface area contributed by atoms with Crippen LogP contribution in [0.15, 0.2) is 28.9 Å². The topological polar surface area (TPSA) is 95.7 Å². The molecule has 2 aromatic heterocycles. The second kappa shape index (κ2) is 10.7. The normalized spacial score (nSPS) is 22.5. The highest BCUT2D eigenvalue weighted by Gasteiger charge is 2.49. The third-order valence-corrected chi connectivity index (χ3v) is 8.14. The van der Waals surface area contributed by atoms with Gasteiger partial charge in [0.2, 0.25) is 23.6 Å². The number of pyridine rings is 1. The number of carbonyl (C=O) groups is 2. The molecular formula is C27H38N6O3. The minimum atomic E-state index is -0.0589. The summed E-state index contributed by atoms with van der Waals surface area (Å²) in [6.07, 6.45) is 9.97. The summed E-state index contributed by atoms with van der Waals surface area (Å²) in [6, 6.07) is 3.76. The Balaban J connectivity index is 1.27. The first-order valence-electron chi connectivity index (χ1n) is 13.4. The van der Waals surface area contributed by atoms with Gasteiger partial charge in [0.05, 0.1) is 19.0 Å². The summed E-state index contributed by atoms with van der Waals surface area (Å²) in [4.78, 5) is 36.5. The molecule has 0 aliphatic carbocycles. The predicted molar refractivity (Wildman–Crippen MR) is 134 cm³/mol. The number of rotatable bonds is 6. The molecule has 1 unspecified atom stereocenters. The molecule has 194 valence electrons. The molecule has 0 radical (unpaired) electrons. The van der Waals surface area contributed by atoms with Gasteiger partial charge in [-0.25, -0.2) is 0 Å². The van der Waals surface area contributed by atoms with Crippen molar-refractivity contribution in [3.63, 3.8) is 0 Å². The van der Waals surface area contributed by atoms with E-state index in [-0.39, 0.29) is 29.2 Å². The zero-order chi connectivity index (χ0) is 25.1. The molecule has 5 rings (SSSR count). The molecule has 5 heterocycles. The van der Waals surface area contributed by atoms with Gasteiger partial charge in [-0.2, -0.15) is 0 Å². The molecule has 1 spiro atoms. The first-order chi connectivity index (χ1) is 17.4. The van der Waals surface area contributed by atoms with Crippen LogP contribution in [0, 0.1) is 5.41 Å². The fourth-order valence-corrected chi connectivity index (χ4v) is 5.97. The van der Waals surface area contributed by atoms with Crippen LogP contribution in [0.2, 0.25) is 0 Å². The van der Waals surface area contributed by atoms with E-state index < -0.39 is 0 Å². The second-order valence-corrected chi connectivity index (χ2v) is 11.1. The number of hydrogen-bond acceptors (Lipinski definition) is 7. The summed E-state index contributed by atoms with van der Waals surface area (Å²) in [7, 11) is 0. The number of aromatic nitrogens is 3. The van der Waals surface area contributed by atoms with Crippen molar-refractivity contribution in [2.24, 2.45) is 5.41 Å². The van der Waals surface area contributed by atoms with E-state index in [1.54, 1.807) is 12.4 Å². The van der Waals surface area contributed by atoms with Crippen LogP contribution in [0.3, 0.4) is 0 Å². The first-order valence-corrected chi connectivity index (χ1v) is 13.4. The molecular weight excluding hydrogens is 456 g/mol. The highest BCUT2D eigenvalue weighted by Crippen LogP contribution is 2.49. The fourth-order valence-electron chi connectivity index (χ4n) is 5.97. The molecule has 2 amide bonds. The zero-order valence-electron chi connectivity index (χ0n) is 21.6. The van der Waals surface area contributed by atoms with Gasteiger partial charge in [-0.15, -0.1) is 10.2 Å². The van der Waals surface area contributed by atoms with Crippen molar-refractivity contribution in [1.29, 1.82) is 0 Å². The Hall–Kier alpha value is -2.81. The van der Waals surface area contributed by atoms with E-state index in [1.165, 1.54) is 6.42 Å². The lowest BCUT2D eigenvalue weighted by atomic mass is 9.76. The van der Waals surface area contributed by atoms with Crippen LogP contribution in [0.1, 0.15) is 81.7 Å². The molecule has 0 N–H and O–H groups in total. The number of carbonyl (C=O) groups excluding carboxylic acids is 2. The van der Waals surface area contributed by atoms with E-state index in [1.807, 2.05) is 35.8 Å². The van der Waals surface area contributed by atoms with Gasteiger partial charge in [0.25, 0.3) is 0 Å². The van der Waals surface area contributed by atoms with Crippen molar-refractivity contribution in [2.75, 3.05) is 39.3 Å². The minimum absolute atomic E-state index is 0.0460. The summed E-state index contributed by atoms with van der Waals surface area (Å²) in [5.41, 5.74) is 0.994. The highest BCUT2D eigenvalue weighted by molar-refractivity contribution is 5.79. The van der Waals surface area contributed by atoms with Gasteiger partial charge >= 0.3 is 0 Å². The van der Waals surface area contributed by atoms with Crippen molar-refractivity contribution >= 4 is 11.8 Å². The molecule has 9 nitrogen and oxygen atoms in total. The average Bonchev–Trinajstić information content (AvgIpc) is 3.51. The van der Waals surface area contributed by atoms with E-state index >= 15 is 0 Å². The molecule has 0 saturated carbocycles. The number of likely N-dealkylation sites (tertiary alicyclic amines) is 3. The Bertz CT molecular complexity index is 1040. The lowest BCUT2D eigenvalue weighted by molar-refractivity contribution is -0.133. The summed E-state index contributed by atoms with van der Waals surface area (Å²) in [6.45, 7) is 8.48. The lowest BCUT2D eigenvalue weighted by Crippen LogP contribution is -2.46. The average molecular weight is 495 g/mol. The Morgan fingerprint density at radius 2 is 1.81 bits per heavy atom. The molecule has 3 fully saturated rings. The van der Waals surface area contributed by atoms with Crippen LogP contribution in [-0.2, 0) is 16.0 Å². The second-order valence-electron chi connectivity index (χ2n) is 11.1. The zero-order valence-corrected chi connectivity index (χ0v) is 21.6. The largest absolute Gasteiger partial charge is 0.423 e. The Labute approximate surface area is 213 Å². The summed E-state index contributed by atoms with van der Waals surface area (Å²) >= 11 is 0. The Morgan fingerprint density at radius 3 is 2.47 bits per heavy atom. The Kier molecular flexibility index (Phi) is 7.37. The molecule has 9 heteroatoms. The molecule has 3 aliphatic rings. The van der Waals surface area contributed by atoms with Gasteiger partial charge in [0.15, 0.2) is 0 Å². The van der Waals surface area contributed by atoms with Gasteiger partial charge < -0.3 is 14.2 Å². The van der Waals surface area contributed by atoms with Gasteiger partial charge in [-0.05, 0) is 55.6 Å². The number of piperidine rings is 2. The number of amides is 2. The quantitative estimate of drug-likeness (QED) is 0.608. The van der Waals surface area contributed by atoms with E-state index in [2.05, 4.69) is 20.1 Å². The number of hydrogen-bond donors (Lipinski definition) is 0. The maximum absolute atomic E-state index is 13.2. The van der Waals surface area contributed by atoms with Crippen molar-refractivity contribution in [3.8, 4) is 0 Å². The van der Waals surface area contributed by atoms with E-state index in [9.17, 15) is 9.59 Å². The summed E-state index contributed by atoms with van der Waals surface area (Å²) in [5, 5.41) is 8.68. The van der Waals surface area contributed by atoms with Gasteiger partial charge in [-0.3, -0.25) is 19.5 Å². The molecule has 0 bridgehead atoms.